The number of nitrogens with one attached hydrogen (secondary N) is 1. The molecule has 0 saturated carbocycles. The van der Waals surface area contributed by atoms with Crippen LogP contribution in [0.3, 0.4) is 0 Å². The van der Waals surface area contributed by atoms with Crippen LogP contribution in [0.5, 0.6) is 0 Å². The van der Waals surface area contributed by atoms with Crippen molar-refractivity contribution < 1.29 is 4.79 Å². The minimum atomic E-state index is 0.0662. The van der Waals surface area contributed by atoms with Crippen molar-refractivity contribution in [2.45, 2.75) is 26.3 Å². The number of hydrogen-bond donors (Lipinski definition) is 1. The summed E-state index contributed by atoms with van der Waals surface area (Å²) < 4.78 is 0. The number of carbonyl (C=O) groups is 1. The van der Waals surface area contributed by atoms with E-state index in [0.29, 0.717) is 11.7 Å². The van der Waals surface area contributed by atoms with Gasteiger partial charge in [-0.2, -0.15) is 0 Å². The molecule has 2 rings (SSSR count). The summed E-state index contributed by atoms with van der Waals surface area (Å²) in [6, 6.07) is 4.13. The van der Waals surface area contributed by atoms with E-state index >= 15 is 0 Å². The van der Waals surface area contributed by atoms with Crippen molar-refractivity contribution in [2.75, 3.05) is 19.6 Å². The Kier molecular flexibility index (Phi) is 3.74. The Morgan fingerprint density at radius 3 is 2.88 bits per heavy atom. The van der Waals surface area contributed by atoms with Gasteiger partial charge in [0.25, 0.3) is 5.91 Å². The van der Waals surface area contributed by atoms with E-state index in [1.807, 2.05) is 24.0 Å². The van der Waals surface area contributed by atoms with Crippen molar-refractivity contribution in [1.29, 1.82) is 0 Å². The van der Waals surface area contributed by atoms with Crippen molar-refractivity contribution in [1.82, 2.24) is 15.2 Å². The van der Waals surface area contributed by atoms with Crippen LogP contribution in [0.2, 0.25) is 0 Å². The second-order valence-corrected chi connectivity index (χ2v) is 4.48. The molecule has 4 heteroatoms. The maximum atomic E-state index is 12.4. The molecule has 1 N–H and O–H groups in total. The first-order chi connectivity index (χ1) is 8.24. The highest BCUT2D eigenvalue weighted by Gasteiger charge is 2.29. The maximum Gasteiger partial charge on any atom is 0.273 e. The normalized spacial score (nSPS) is 15.4. The summed E-state index contributed by atoms with van der Waals surface area (Å²) in [5.74, 6) is 0.0662. The molecule has 0 bridgehead atoms. The molecule has 1 saturated heterocycles. The molecule has 0 radical (unpaired) electrons. The molecule has 0 aromatic carbocycles. The number of aromatic nitrogens is 1. The molecule has 1 amide bonds. The lowest BCUT2D eigenvalue weighted by molar-refractivity contribution is 0.0609. The first-order valence-corrected chi connectivity index (χ1v) is 6.17. The quantitative estimate of drug-likeness (QED) is 0.850. The molecule has 92 valence electrons. The SMILES string of the molecule is CCCN(C(=O)c1ncccc1C)C1CNC1. The average molecular weight is 233 g/mol. The van der Waals surface area contributed by atoms with Crippen LogP contribution in [0.4, 0.5) is 0 Å². The summed E-state index contributed by atoms with van der Waals surface area (Å²) in [6.45, 7) is 6.64. The zero-order chi connectivity index (χ0) is 12.3. The zero-order valence-corrected chi connectivity index (χ0v) is 10.4. The van der Waals surface area contributed by atoms with Crippen molar-refractivity contribution in [3.8, 4) is 0 Å². The van der Waals surface area contributed by atoms with Crippen LogP contribution in [0.1, 0.15) is 29.4 Å². The van der Waals surface area contributed by atoms with Crippen LogP contribution in [-0.4, -0.2) is 41.5 Å². The summed E-state index contributed by atoms with van der Waals surface area (Å²) in [6.07, 6.45) is 2.66. The van der Waals surface area contributed by atoms with E-state index in [9.17, 15) is 4.79 Å². The summed E-state index contributed by atoms with van der Waals surface area (Å²) in [5.41, 5.74) is 1.54. The van der Waals surface area contributed by atoms with Crippen LogP contribution >= 0.6 is 0 Å². The fourth-order valence-electron chi connectivity index (χ4n) is 2.03. The molecule has 1 fully saturated rings. The Bertz CT molecular complexity index is 401. The van der Waals surface area contributed by atoms with Gasteiger partial charge in [-0.05, 0) is 25.0 Å². The van der Waals surface area contributed by atoms with E-state index < -0.39 is 0 Å². The third-order valence-corrected chi connectivity index (χ3v) is 3.14. The predicted molar refractivity (Wildman–Crippen MR) is 67.0 cm³/mol. The fraction of sp³-hybridized carbons (Fsp3) is 0.538. The van der Waals surface area contributed by atoms with Crippen molar-refractivity contribution in [2.24, 2.45) is 0 Å². The molecule has 4 nitrogen and oxygen atoms in total. The van der Waals surface area contributed by atoms with E-state index in [0.717, 1.165) is 31.6 Å². The Hall–Kier alpha value is -1.42. The lowest BCUT2D eigenvalue weighted by atomic mass is 10.1. The predicted octanol–water partition coefficient (Wildman–Crippen LogP) is 1.21. The van der Waals surface area contributed by atoms with E-state index in [1.165, 1.54) is 0 Å². The van der Waals surface area contributed by atoms with Gasteiger partial charge in [-0.1, -0.05) is 13.0 Å². The molecule has 2 heterocycles. The molecule has 1 aromatic rings. The number of amides is 1. The molecule has 1 aliphatic heterocycles. The molecule has 1 aliphatic rings. The first-order valence-electron chi connectivity index (χ1n) is 6.17. The Balaban J connectivity index is 2.18. The smallest absolute Gasteiger partial charge is 0.273 e. The lowest BCUT2D eigenvalue weighted by Gasteiger charge is -2.38. The number of pyridine rings is 1. The molecule has 0 aliphatic carbocycles. The fourth-order valence-corrected chi connectivity index (χ4v) is 2.03. The lowest BCUT2D eigenvalue weighted by Crippen LogP contribution is -2.59. The Morgan fingerprint density at radius 2 is 2.35 bits per heavy atom. The van der Waals surface area contributed by atoms with Gasteiger partial charge in [-0.25, -0.2) is 0 Å². The summed E-state index contributed by atoms with van der Waals surface area (Å²) >= 11 is 0. The van der Waals surface area contributed by atoms with Crippen LogP contribution in [0, 0.1) is 6.92 Å². The highest BCUT2D eigenvalue weighted by Crippen LogP contribution is 2.13. The Labute approximate surface area is 102 Å². The molecular weight excluding hydrogens is 214 g/mol. The highest BCUT2D eigenvalue weighted by molar-refractivity contribution is 5.94. The largest absolute Gasteiger partial charge is 0.332 e. The number of rotatable bonds is 4. The third-order valence-electron chi connectivity index (χ3n) is 3.14. The van der Waals surface area contributed by atoms with Gasteiger partial charge in [0.15, 0.2) is 0 Å². The minimum absolute atomic E-state index is 0.0662. The van der Waals surface area contributed by atoms with Gasteiger partial charge in [0.1, 0.15) is 5.69 Å². The first kappa shape index (κ1) is 12.0. The standard InChI is InChI=1S/C13H19N3O/c1-3-7-16(11-8-14-9-11)13(17)12-10(2)5-4-6-15-12/h4-6,11,14H,3,7-9H2,1-2H3. The number of aryl methyl sites for hydroxylation is 1. The van der Waals surface area contributed by atoms with Crippen molar-refractivity contribution >= 4 is 5.91 Å². The van der Waals surface area contributed by atoms with E-state index in [4.69, 9.17) is 0 Å². The van der Waals surface area contributed by atoms with E-state index in [2.05, 4.69) is 17.2 Å². The highest BCUT2D eigenvalue weighted by atomic mass is 16.2. The van der Waals surface area contributed by atoms with E-state index in [-0.39, 0.29) is 5.91 Å². The second kappa shape index (κ2) is 5.27. The molecule has 0 unspecified atom stereocenters. The van der Waals surface area contributed by atoms with Gasteiger partial charge in [0.05, 0.1) is 6.04 Å². The second-order valence-electron chi connectivity index (χ2n) is 4.48. The summed E-state index contributed by atoms with van der Waals surface area (Å²) in [4.78, 5) is 18.6. The number of hydrogen-bond acceptors (Lipinski definition) is 3. The minimum Gasteiger partial charge on any atom is -0.332 e. The summed E-state index contributed by atoms with van der Waals surface area (Å²) in [7, 11) is 0. The van der Waals surface area contributed by atoms with Crippen molar-refractivity contribution in [3.05, 3.63) is 29.6 Å². The van der Waals surface area contributed by atoms with Gasteiger partial charge in [0.2, 0.25) is 0 Å². The molecule has 1 aromatic heterocycles. The monoisotopic (exact) mass is 233 g/mol. The van der Waals surface area contributed by atoms with Gasteiger partial charge in [0, 0.05) is 25.8 Å². The van der Waals surface area contributed by atoms with Crippen LogP contribution in [0.15, 0.2) is 18.3 Å². The number of nitrogens with zero attached hydrogens (tertiary/aromatic N) is 2. The van der Waals surface area contributed by atoms with Crippen molar-refractivity contribution in [3.63, 3.8) is 0 Å². The number of carbonyl (C=O) groups excluding carboxylic acids is 1. The van der Waals surface area contributed by atoms with Crippen LogP contribution < -0.4 is 5.32 Å². The Morgan fingerprint density at radius 1 is 1.59 bits per heavy atom. The molecule has 17 heavy (non-hydrogen) atoms. The topological polar surface area (TPSA) is 45.2 Å². The maximum absolute atomic E-state index is 12.4. The van der Waals surface area contributed by atoms with Gasteiger partial charge in [-0.3, -0.25) is 9.78 Å². The molecule has 0 atom stereocenters. The van der Waals surface area contributed by atoms with E-state index in [1.54, 1.807) is 6.20 Å². The van der Waals surface area contributed by atoms with Gasteiger partial charge < -0.3 is 10.2 Å². The van der Waals surface area contributed by atoms with Gasteiger partial charge in [-0.15, -0.1) is 0 Å². The van der Waals surface area contributed by atoms with Crippen LogP contribution in [-0.2, 0) is 0 Å². The molecular formula is C13H19N3O. The molecule has 0 spiro atoms. The zero-order valence-electron chi connectivity index (χ0n) is 10.4. The van der Waals surface area contributed by atoms with Gasteiger partial charge >= 0.3 is 0 Å². The third kappa shape index (κ3) is 2.47. The average Bonchev–Trinajstić information content (AvgIpc) is 2.26. The van der Waals surface area contributed by atoms with Crippen LogP contribution in [0.25, 0.3) is 0 Å². The summed E-state index contributed by atoms with van der Waals surface area (Å²) in [5, 5.41) is 3.21.